The van der Waals surface area contributed by atoms with Crippen molar-refractivity contribution in [2.75, 3.05) is 6.66 Å². The monoisotopic (exact) mass is 204 g/mol. The highest BCUT2D eigenvalue weighted by Gasteiger charge is 2.28. The Balaban J connectivity index is 2.70. The highest BCUT2D eigenvalue weighted by Crippen LogP contribution is 2.56. The fourth-order valence-corrected chi connectivity index (χ4v) is 3.41. The third-order valence-corrected chi connectivity index (χ3v) is 4.25. The molecule has 0 radical (unpaired) electrons. The van der Waals surface area contributed by atoms with Crippen LogP contribution in [0.25, 0.3) is 0 Å². The summed E-state index contributed by atoms with van der Waals surface area (Å²) in [5, 5.41) is 10.0. The van der Waals surface area contributed by atoms with E-state index in [0.717, 1.165) is 5.31 Å². The lowest BCUT2D eigenvalue weighted by atomic mass is 10.3. The predicted molar refractivity (Wildman–Crippen MR) is 53.1 cm³/mol. The molecule has 76 valence electrons. The van der Waals surface area contributed by atoms with Crippen molar-refractivity contribution in [2.45, 2.75) is 38.9 Å². The van der Waals surface area contributed by atoms with E-state index in [2.05, 4.69) is 0 Å². The maximum Gasteiger partial charge on any atom is 0.225 e. The molecule has 1 aliphatic carbocycles. The van der Waals surface area contributed by atoms with Crippen LogP contribution in [0.3, 0.4) is 0 Å². The van der Waals surface area contributed by atoms with Gasteiger partial charge in [-0.1, -0.05) is 0 Å². The number of hydrogen-bond donors (Lipinski definition) is 1. The third kappa shape index (κ3) is 2.94. The van der Waals surface area contributed by atoms with E-state index in [4.69, 9.17) is 4.52 Å². The van der Waals surface area contributed by atoms with Gasteiger partial charge in [0.25, 0.3) is 0 Å². The van der Waals surface area contributed by atoms with Gasteiger partial charge in [0.15, 0.2) is 0 Å². The van der Waals surface area contributed by atoms with Crippen molar-refractivity contribution in [1.29, 1.82) is 0 Å². The minimum atomic E-state index is -2.63. The number of aliphatic hydroxyl groups is 1. The molecule has 0 saturated carbocycles. The van der Waals surface area contributed by atoms with Crippen molar-refractivity contribution >= 4 is 7.37 Å². The first kappa shape index (κ1) is 11.0. The van der Waals surface area contributed by atoms with Gasteiger partial charge in [-0.3, -0.25) is 4.57 Å². The Kier molecular flexibility index (Phi) is 3.33. The van der Waals surface area contributed by atoms with E-state index in [1.54, 1.807) is 12.7 Å². The first-order valence-corrected chi connectivity index (χ1v) is 6.64. The molecule has 1 rings (SSSR count). The molecule has 1 aliphatic rings. The van der Waals surface area contributed by atoms with Gasteiger partial charge in [0.2, 0.25) is 7.37 Å². The summed E-state index contributed by atoms with van der Waals surface area (Å²) in [6.07, 6.45) is 2.58. The summed E-state index contributed by atoms with van der Waals surface area (Å²) in [5.41, 5.74) is 0. The zero-order valence-corrected chi connectivity index (χ0v) is 9.25. The Morgan fingerprint density at radius 1 is 1.69 bits per heavy atom. The lowest BCUT2D eigenvalue weighted by molar-refractivity contribution is 0.223. The van der Waals surface area contributed by atoms with Gasteiger partial charge in [-0.15, -0.1) is 0 Å². The Morgan fingerprint density at radius 3 is 2.69 bits per heavy atom. The number of allylic oxidation sites excluding steroid dienone is 1. The molecule has 0 fully saturated rings. The van der Waals surface area contributed by atoms with Gasteiger partial charge in [0, 0.05) is 12.0 Å². The third-order valence-electron chi connectivity index (χ3n) is 2.01. The SMILES string of the molecule is CC(C)OP(C)(=O)C1=CC(O)CC1. The van der Waals surface area contributed by atoms with Crippen LogP contribution in [-0.2, 0) is 9.09 Å². The zero-order chi connectivity index (χ0) is 10.1. The lowest BCUT2D eigenvalue weighted by Crippen LogP contribution is -2.00. The molecule has 0 aromatic carbocycles. The molecule has 0 aliphatic heterocycles. The van der Waals surface area contributed by atoms with Gasteiger partial charge in [-0.25, -0.2) is 0 Å². The summed E-state index contributed by atoms with van der Waals surface area (Å²) in [6.45, 7) is 5.35. The van der Waals surface area contributed by atoms with Gasteiger partial charge >= 0.3 is 0 Å². The maximum atomic E-state index is 12.0. The molecule has 0 amide bonds. The first-order chi connectivity index (χ1) is 5.92. The minimum Gasteiger partial charge on any atom is -0.389 e. The predicted octanol–water partition coefficient (Wildman–Crippen LogP) is 2.36. The van der Waals surface area contributed by atoms with Crippen LogP contribution >= 0.6 is 7.37 Å². The molecule has 0 spiro atoms. The van der Waals surface area contributed by atoms with Crippen LogP contribution in [0.5, 0.6) is 0 Å². The van der Waals surface area contributed by atoms with Gasteiger partial charge in [-0.05, 0) is 32.8 Å². The Hall–Kier alpha value is -0.110. The number of hydrogen-bond acceptors (Lipinski definition) is 3. The highest BCUT2D eigenvalue weighted by molar-refractivity contribution is 7.62. The molecule has 2 unspecified atom stereocenters. The second kappa shape index (κ2) is 3.95. The second-order valence-corrected chi connectivity index (χ2v) is 6.24. The summed E-state index contributed by atoms with van der Waals surface area (Å²) in [6, 6.07) is 0. The summed E-state index contributed by atoms with van der Waals surface area (Å²) in [7, 11) is -2.63. The van der Waals surface area contributed by atoms with Crippen molar-refractivity contribution in [3.05, 3.63) is 11.4 Å². The van der Waals surface area contributed by atoms with Gasteiger partial charge in [0.1, 0.15) is 0 Å². The fourth-order valence-electron chi connectivity index (χ4n) is 1.49. The molecule has 4 heteroatoms. The van der Waals surface area contributed by atoms with Crippen LogP contribution in [0.1, 0.15) is 26.7 Å². The minimum absolute atomic E-state index is 0.0329. The molecule has 2 atom stereocenters. The van der Waals surface area contributed by atoms with E-state index in [0.29, 0.717) is 12.8 Å². The van der Waals surface area contributed by atoms with E-state index in [9.17, 15) is 9.67 Å². The van der Waals surface area contributed by atoms with Crippen LogP contribution in [0.4, 0.5) is 0 Å². The summed E-state index contributed by atoms with van der Waals surface area (Å²) in [4.78, 5) is 0. The zero-order valence-electron chi connectivity index (χ0n) is 8.36. The van der Waals surface area contributed by atoms with Crippen LogP contribution in [0.2, 0.25) is 0 Å². The van der Waals surface area contributed by atoms with E-state index in [1.807, 2.05) is 13.8 Å². The molecular formula is C9H17O3P. The van der Waals surface area contributed by atoms with Crippen LogP contribution < -0.4 is 0 Å². The average Bonchev–Trinajstić information content (AvgIpc) is 2.32. The van der Waals surface area contributed by atoms with Crippen molar-refractivity contribution < 1.29 is 14.2 Å². The normalized spacial score (nSPS) is 27.5. The average molecular weight is 204 g/mol. The van der Waals surface area contributed by atoms with Crippen LogP contribution in [-0.4, -0.2) is 24.0 Å². The first-order valence-electron chi connectivity index (χ1n) is 4.57. The van der Waals surface area contributed by atoms with Crippen molar-refractivity contribution in [3.8, 4) is 0 Å². The lowest BCUT2D eigenvalue weighted by Gasteiger charge is -2.17. The van der Waals surface area contributed by atoms with Crippen LogP contribution in [0, 0.1) is 0 Å². The van der Waals surface area contributed by atoms with E-state index < -0.39 is 13.5 Å². The Labute approximate surface area is 79.2 Å². The largest absolute Gasteiger partial charge is 0.389 e. The second-order valence-electron chi connectivity index (χ2n) is 3.76. The van der Waals surface area contributed by atoms with Crippen LogP contribution in [0.15, 0.2) is 11.4 Å². The Morgan fingerprint density at radius 2 is 2.31 bits per heavy atom. The van der Waals surface area contributed by atoms with E-state index in [1.165, 1.54) is 0 Å². The van der Waals surface area contributed by atoms with Gasteiger partial charge in [-0.2, -0.15) is 0 Å². The molecule has 13 heavy (non-hydrogen) atoms. The maximum absolute atomic E-state index is 12.0. The summed E-state index contributed by atoms with van der Waals surface area (Å²) in [5.74, 6) is 0. The highest BCUT2D eigenvalue weighted by atomic mass is 31.2. The molecular weight excluding hydrogens is 187 g/mol. The molecule has 0 aromatic heterocycles. The van der Waals surface area contributed by atoms with Gasteiger partial charge in [0.05, 0.1) is 12.2 Å². The molecule has 0 saturated heterocycles. The standard InChI is InChI=1S/C9H17O3P/c1-7(2)12-13(3,11)9-5-4-8(10)6-9/h6-8,10H,4-5H2,1-3H3. The molecule has 3 nitrogen and oxygen atoms in total. The molecule has 0 heterocycles. The smallest absolute Gasteiger partial charge is 0.225 e. The molecule has 0 bridgehead atoms. The fraction of sp³-hybridized carbons (Fsp3) is 0.778. The number of aliphatic hydroxyl groups excluding tert-OH is 1. The van der Waals surface area contributed by atoms with E-state index in [-0.39, 0.29) is 6.10 Å². The molecule has 0 aromatic rings. The number of rotatable bonds is 3. The quantitative estimate of drug-likeness (QED) is 0.718. The van der Waals surface area contributed by atoms with Crippen molar-refractivity contribution in [2.24, 2.45) is 0 Å². The molecule has 1 N–H and O–H groups in total. The van der Waals surface area contributed by atoms with Gasteiger partial charge < -0.3 is 9.63 Å². The van der Waals surface area contributed by atoms with Crippen molar-refractivity contribution in [1.82, 2.24) is 0 Å². The summed E-state index contributed by atoms with van der Waals surface area (Å²) >= 11 is 0. The van der Waals surface area contributed by atoms with E-state index >= 15 is 0 Å². The topological polar surface area (TPSA) is 46.5 Å². The van der Waals surface area contributed by atoms with Crippen molar-refractivity contribution in [3.63, 3.8) is 0 Å². The summed E-state index contributed by atoms with van der Waals surface area (Å²) < 4.78 is 17.3. The Bertz CT molecular complexity index is 258.